The Morgan fingerprint density at radius 3 is 2.57 bits per heavy atom. The molecule has 0 unspecified atom stereocenters. The molecule has 6 heteroatoms. The first-order chi connectivity index (χ1) is 10.0. The topological polar surface area (TPSA) is 77.6 Å². The highest BCUT2D eigenvalue weighted by Crippen LogP contribution is 2.28. The number of halogens is 1. The van der Waals surface area contributed by atoms with Gasteiger partial charge in [-0.1, -0.05) is 32.0 Å². The molecular formula is C15H14BrN5. The van der Waals surface area contributed by atoms with E-state index in [2.05, 4.69) is 35.9 Å². The van der Waals surface area contributed by atoms with Gasteiger partial charge in [0, 0.05) is 15.8 Å². The number of para-hydroxylation sites is 1. The number of hydrogen-bond donors (Lipinski definition) is 1. The van der Waals surface area contributed by atoms with Crippen LogP contribution >= 0.6 is 15.9 Å². The summed E-state index contributed by atoms with van der Waals surface area (Å²) in [5.74, 6) is 1.54. The molecular weight excluding hydrogens is 330 g/mol. The Kier molecular flexibility index (Phi) is 3.55. The average molecular weight is 344 g/mol. The van der Waals surface area contributed by atoms with Crippen molar-refractivity contribution in [2.24, 2.45) is 0 Å². The summed E-state index contributed by atoms with van der Waals surface area (Å²) in [5, 5.41) is 1.05. The fourth-order valence-corrected chi connectivity index (χ4v) is 2.53. The summed E-state index contributed by atoms with van der Waals surface area (Å²) in [6.07, 6.45) is 0. The first kappa shape index (κ1) is 13.9. The van der Waals surface area contributed by atoms with Crippen LogP contribution in [-0.2, 0) is 0 Å². The summed E-state index contributed by atoms with van der Waals surface area (Å²) in [6.45, 7) is 4.03. The summed E-state index contributed by atoms with van der Waals surface area (Å²) in [7, 11) is 0. The van der Waals surface area contributed by atoms with Gasteiger partial charge < -0.3 is 5.73 Å². The normalized spacial score (nSPS) is 11.2. The van der Waals surface area contributed by atoms with E-state index in [1.54, 1.807) is 0 Å². The van der Waals surface area contributed by atoms with Crippen LogP contribution in [0.1, 0.15) is 25.6 Å². The van der Waals surface area contributed by atoms with Crippen LogP contribution < -0.4 is 5.73 Å². The van der Waals surface area contributed by atoms with Crippen molar-refractivity contribution in [3.8, 4) is 11.5 Å². The summed E-state index contributed by atoms with van der Waals surface area (Å²) in [5.41, 5.74) is 7.35. The summed E-state index contributed by atoms with van der Waals surface area (Å²) in [4.78, 5) is 17.5. The van der Waals surface area contributed by atoms with Crippen molar-refractivity contribution in [2.45, 2.75) is 19.8 Å². The average Bonchev–Trinajstić information content (AvgIpc) is 2.45. The fourth-order valence-electron chi connectivity index (χ4n) is 2.02. The van der Waals surface area contributed by atoms with Crippen LogP contribution in [0.25, 0.3) is 22.4 Å². The number of aromatic nitrogens is 4. The van der Waals surface area contributed by atoms with E-state index in [1.165, 1.54) is 0 Å². The van der Waals surface area contributed by atoms with E-state index in [-0.39, 0.29) is 11.9 Å². The van der Waals surface area contributed by atoms with Gasteiger partial charge in [0.1, 0.15) is 11.5 Å². The zero-order chi connectivity index (χ0) is 15.0. The Morgan fingerprint density at radius 2 is 1.81 bits per heavy atom. The number of rotatable bonds is 2. The Balaban J connectivity index is 2.22. The second-order valence-electron chi connectivity index (χ2n) is 5.04. The number of fused-ring (bicyclic) bond motifs is 1. The highest BCUT2D eigenvalue weighted by molar-refractivity contribution is 9.10. The summed E-state index contributed by atoms with van der Waals surface area (Å²) in [6, 6.07) is 9.91. The first-order valence-electron chi connectivity index (χ1n) is 6.61. The van der Waals surface area contributed by atoms with Crippen LogP contribution in [-0.4, -0.2) is 19.9 Å². The molecule has 0 saturated heterocycles. The van der Waals surface area contributed by atoms with Crippen LogP contribution in [0.4, 0.5) is 5.95 Å². The molecule has 2 aromatic heterocycles. The van der Waals surface area contributed by atoms with Gasteiger partial charge in [-0.25, -0.2) is 9.97 Å². The van der Waals surface area contributed by atoms with Crippen LogP contribution in [0.15, 0.2) is 34.8 Å². The molecule has 2 heterocycles. The molecule has 0 aliphatic heterocycles. The smallest absolute Gasteiger partial charge is 0.223 e. The van der Waals surface area contributed by atoms with Crippen molar-refractivity contribution in [1.82, 2.24) is 19.9 Å². The van der Waals surface area contributed by atoms with Gasteiger partial charge in [-0.3, -0.25) is 0 Å². The van der Waals surface area contributed by atoms with Crippen molar-refractivity contribution < 1.29 is 0 Å². The Hall–Kier alpha value is -2.08. The third-order valence-electron chi connectivity index (χ3n) is 3.08. The van der Waals surface area contributed by atoms with Gasteiger partial charge in [0.05, 0.1) is 5.52 Å². The lowest BCUT2D eigenvalue weighted by Crippen LogP contribution is -2.07. The van der Waals surface area contributed by atoms with Gasteiger partial charge in [-0.15, -0.1) is 0 Å². The van der Waals surface area contributed by atoms with Gasteiger partial charge in [0.25, 0.3) is 0 Å². The lowest BCUT2D eigenvalue weighted by molar-refractivity contribution is 0.766. The van der Waals surface area contributed by atoms with Gasteiger partial charge in [0.15, 0.2) is 5.82 Å². The van der Waals surface area contributed by atoms with Crippen molar-refractivity contribution in [3.05, 3.63) is 40.6 Å². The molecule has 106 valence electrons. The van der Waals surface area contributed by atoms with Crippen molar-refractivity contribution >= 4 is 32.8 Å². The van der Waals surface area contributed by atoms with E-state index in [1.807, 2.05) is 44.2 Å². The molecule has 2 N–H and O–H groups in total. The van der Waals surface area contributed by atoms with E-state index in [0.717, 1.165) is 15.4 Å². The number of pyridine rings is 1. The van der Waals surface area contributed by atoms with Crippen LogP contribution in [0.3, 0.4) is 0 Å². The molecule has 3 aromatic rings. The van der Waals surface area contributed by atoms with Gasteiger partial charge in [-0.05, 0) is 28.1 Å². The summed E-state index contributed by atoms with van der Waals surface area (Å²) >= 11 is 3.54. The lowest BCUT2D eigenvalue weighted by Gasteiger charge is -2.09. The SMILES string of the molecule is CC(C)c1nc(N)nc(-c2nc3ccccc3cc2Br)n1. The monoisotopic (exact) mass is 343 g/mol. The van der Waals surface area contributed by atoms with Crippen molar-refractivity contribution in [3.63, 3.8) is 0 Å². The lowest BCUT2D eigenvalue weighted by atomic mass is 10.2. The predicted octanol–water partition coefficient (Wildman–Crippen LogP) is 3.55. The van der Waals surface area contributed by atoms with Gasteiger partial charge in [-0.2, -0.15) is 9.97 Å². The van der Waals surface area contributed by atoms with E-state index in [9.17, 15) is 0 Å². The minimum atomic E-state index is 0.174. The molecule has 0 amide bonds. The van der Waals surface area contributed by atoms with Gasteiger partial charge in [0.2, 0.25) is 5.95 Å². The van der Waals surface area contributed by atoms with E-state index < -0.39 is 0 Å². The number of benzene rings is 1. The third kappa shape index (κ3) is 2.71. The standard InChI is InChI=1S/C15H14BrN5/c1-8(2)13-19-14(21-15(17)20-13)12-10(16)7-9-5-3-4-6-11(9)18-12/h3-8H,1-2H3,(H2,17,19,20,21). The second-order valence-corrected chi connectivity index (χ2v) is 5.90. The molecule has 3 rings (SSSR count). The van der Waals surface area contributed by atoms with Crippen LogP contribution in [0.5, 0.6) is 0 Å². The first-order valence-corrected chi connectivity index (χ1v) is 7.41. The quantitative estimate of drug-likeness (QED) is 0.769. The Morgan fingerprint density at radius 1 is 1.05 bits per heavy atom. The molecule has 5 nitrogen and oxygen atoms in total. The third-order valence-corrected chi connectivity index (χ3v) is 3.68. The van der Waals surface area contributed by atoms with Crippen molar-refractivity contribution in [1.29, 1.82) is 0 Å². The maximum absolute atomic E-state index is 5.79. The number of nitrogens with two attached hydrogens (primary N) is 1. The molecule has 0 fully saturated rings. The van der Waals surface area contributed by atoms with E-state index in [4.69, 9.17) is 5.73 Å². The molecule has 1 aromatic carbocycles. The summed E-state index contributed by atoms with van der Waals surface area (Å²) < 4.78 is 0.835. The molecule has 21 heavy (non-hydrogen) atoms. The highest BCUT2D eigenvalue weighted by Gasteiger charge is 2.14. The number of nitrogens with zero attached hydrogens (tertiary/aromatic N) is 4. The zero-order valence-electron chi connectivity index (χ0n) is 11.7. The maximum atomic E-state index is 5.79. The second kappa shape index (κ2) is 5.37. The molecule has 0 aliphatic carbocycles. The molecule has 0 saturated carbocycles. The van der Waals surface area contributed by atoms with E-state index >= 15 is 0 Å². The van der Waals surface area contributed by atoms with Gasteiger partial charge >= 0.3 is 0 Å². The fraction of sp³-hybridized carbons (Fsp3) is 0.200. The minimum absolute atomic E-state index is 0.174. The largest absolute Gasteiger partial charge is 0.368 e. The number of hydrogen-bond acceptors (Lipinski definition) is 5. The highest BCUT2D eigenvalue weighted by atomic mass is 79.9. The molecule has 0 radical (unpaired) electrons. The van der Waals surface area contributed by atoms with Crippen molar-refractivity contribution in [2.75, 3.05) is 5.73 Å². The molecule has 0 spiro atoms. The maximum Gasteiger partial charge on any atom is 0.223 e. The van der Waals surface area contributed by atoms with Crippen LogP contribution in [0, 0.1) is 0 Å². The Labute approximate surface area is 130 Å². The predicted molar refractivity (Wildman–Crippen MR) is 86.8 cm³/mol. The van der Waals surface area contributed by atoms with E-state index in [0.29, 0.717) is 17.3 Å². The number of nitrogen functional groups attached to an aromatic ring is 1. The Bertz CT molecular complexity index is 816. The minimum Gasteiger partial charge on any atom is -0.368 e. The number of anilines is 1. The van der Waals surface area contributed by atoms with Crippen LogP contribution in [0.2, 0.25) is 0 Å². The molecule has 0 aliphatic rings. The molecule has 0 bridgehead atoms. The zero-order valence-corrected chi connectivity index (χ0v) is 13.3. The molecule has 0 atom stereocenters.